The highest BCUT2D eigenvalue weighted by Crippen LogP contribution is 2.12. The van der Waals surface area contributed by atoms with E-state index >= 15 is 0 Å². The van der Waals surface area contributed by atoms with Crippen molar-refractivity contribution in [1.82, 2.24) is 0 Å². The Bertz CT molecular complexity index is 391. The maximum atomic E-state index is 2.28. The lowest BCUT2D eigenvalue weighted by Gasteiger charge is -2.02. The zero-order valence-corrected chi connectivity index (χ0v) is 10.4. The molecule has 0 atom stereocenters. The zero-order valence-electron chi connectivity index (χ0n) is 10.4. The lowest BCUT2D eigenvalue weighted by Crippen LogP contribution is -1.85. The molecule has 0 unspecified atom stereocenters. The van der Waals surface area contributed by atoms with E-state index in [9.17, 15) is 0 Å². The van der Waals surface area contributed by atoms with E-state index in [1.54, 1.807) is 0 Å². The molecule has 0 bridgehead atoms. The van der Waals surface area contributed by atoms with Crippen LogP contribution in [-0.4, -0.2) is 0 Å². The lowest BCUT2D eigenvalue weighted by atomic mass is 10.0. The van der Waals surface area contributed by atoms with Crippen LogP contribution in [0.15, 0.2) is 65.8 Å². The normalized spacial score (nSPS) is 13.4. The third kappa shape index (κ3) is 3.90. The molecule has 0 spiro atoms. The highest BCUT2D eigenvalue weighted by atomic mass is 14.0. The maximum Gasteiger partial charge on any atom is -0.00915 e. The van der Waals surface area contributed by atoms with E-state index in [1.807, 2.05) is 6.92 Å². The molecule has 0 aliphatic heterocycles. The van der Waals surface area contributed by atoms with Gasteiger partial charge in [0.05, 0.1) is 0 Å². The van der Waals surface area contributed by atoms with Gasteiger partial charge in [0.2, 0.25) is 0 Å². The molecule has 0 aromatic heterocycles. The Kier molecular flexibility index (Phi) is 5.35. The first kappa shape index (κ1) is 12.5. The average molecular weight is 212 g/mol. The molecule has 0 heteroatoms. The van der Waals surface area contributed by atoms with E-state index in [2.05, 4.69) is 68.5 Å². The van der Waals surface area contributed by atoms with Crippen molar-refractivity contribution in [1.29, 1.82) is 0 Å². The molecule has 0 saturated heterocycles. The first-order valence-corrected chi connectivity index (χ1v) is 5.78. The van der Waals surface area contributed by atoms with Gasteiger partial charge in [0.1, 0.15) is 0 Å². The van der Waals surface area contributed by atoms with Crippen molar-refractivity contribution in [2.45, 2.75) is 27.2 Å². The van der Waals surface area contributed by atoms with Gasteiger partial charge in [0, 0.05) is 0 Å². The highest BCUT2D eigenvalue weighted by molar-refractivity contribution is 5.38. The van der Waals surface area contributed by atoms with E-state index in [-0.39, 0.29) is 0 Å². The van der Waals surface area contributed by atoms with Crippen LogP contribution in [0.4, 0.5) is 0 Å². The van der Waals surface area contributed by atoms with E-state index in [0.717, 1.165) is 6.42 Å². The van der Waals surface area contributed by atoms with E-state index in [4.69, 9.17) is 0 Å². The smallest absolute Gasteiger partial charge is 0.00915 e. The first-order valence-electron chi connectivity index (χ1n) is 5.78. The Balaban J connectivity index is 2.71. The van der Waals surface area contributed by atoms with Crippen molar-refractivity contribution >= 4 is 0 Å². The number of rotatable bonds is 4. The highest BCUT2D eigenvalue weighted by Gasteiger charge is 1.94. The summed E-state index contributed by atoms with van der Waals surface area (Å²) in [5, 5.41) is 0. The topological polar surface area (TPSA) is 0 Å². The predicted octanol–water partition coefficient (Wildman–Crippen LogP) is 4.70. The summed E-state index contributed by atoms with van der Waals surface area (Å²) >= 11 is 0. The second-order valence-corrected chi connectivity index (χ2v) is 3.82. The monoisotopic (exact) mass is 212 g/mol. The third-order valence-corrected chi connectivity index (χ3v) is 2.60. The number of allylic oxidation sites excluding steroid dienone is 6. The molecule has 0 amide bonds. The molecule has 0 fully saturated rings. The minimum absolute atomic E-state index is 1.00. The molecule has 0 nitrogen and oxygen atoms in total. The molecule has 0 heterocycles. The van der Waals surface area contributed by atoms with Crippen LogP contribution in [0.3, 0.4) is 0 Å². The molecular formula is C16H20. The lowest BCUT2D eigenvalue weighted by molar-refractivity contribution is 1.22. The Labute approximate surface area is 99.0 Å². The largest absolute Gasteiger partial charge is 0.0871 e. The molecule has 0 aliphatic carbocycles. The van der Waals surface area contributed by atoms with E-state index in [1.165, 1.54) is 16.7 Å². The summed E-state index contributed by atoms with van der Waals surface area (Å²) in [5.74, 6) is 0. The SMILES string of the molecule is C\C=C/C(=C\C)C(/C)=C/Cc1ccccc1. The first-order chi connectivity index (χ1) is 7.77. The summed E-state index contributed by atoms with van der Waals surface area (Å²) in [4.78, 5) is 0. The fourth-order valence-electron chi connectivity index (χ4n) is 1.64. The van der Waals surface area contributed by atoms with E-state index in [0.29, 0.717) is 0 Å². The molecule has 0 saturated carbocycles. The van der Waals surface area contributed by atoms with Crippen LogP contribution >= 0.6 is 0 Å². The molecule has 0 aliphatic rings. The summed E-state index contributed by atoms with van der Waals surface area (Å²) in [5.41, 5.74) is 4.00. The minimum atomic E-state index is 1.00. The van der Waals surface area contributed by atoms with Gasteiger partial charge >= 0.3 is 0 Å². The van der Waals surface area contributed by atoms with Gasteiger partial charge in [-0.3, -0.25) is 0 Å². The Morgan fingerprint density at radius 3 is 2.38 bits per heavy atom. The second-order valence-electron chi connectivity index (χ2n) is 3.82. The van der Waals surface area contributed by atoms with Crippen LogP contribution in [-0.2, 0) is 6.42 Å². The van der Waals surface area contributed by atoms with E-state index < -0.39 is 0 Å². The van der Waals surface area contributed by atoms with Gasteiger partial charge in [-0.15, -0.1) is 0 Å². The molecule has 1 rings (SSSR count). The molecular weight excluding hydrogens is 192 g/mol. The third-order valence-electron chi connectivity index (χ3n) is 2.60. The number of hydrogen-bond donors (Lipinski definition) is 0. The van der Waals surface area contributed by atoms with Gasteiger partial charge in [-0.05, 0) is 43.9 Å². The van der Waals surface area contributed by atoms with Crippen LogP contribution in [0.1, 0.15) is 26.3 Å². The summed E-state index contributed by atoms with van der Waals surface area (Å²) in [6, 6.07) is 10.5. The summed E-state index contributed by atoms with van der Waals surface area (Å²) in [6.45, 7) is 6.29. The molecule has 0 radical (unpaired) electrons. The predicted molar refractivity (Wildman–Crippen MR) is 72.5 cm³/mol. The second kappa shape index (κ2) is 6.84. The van der Waals surface area contributed by atoms with Gasteiger partial charge in [0.25, 0.3) is 0 Å². The average Bonchev–Trinajstić information content (AvgIpc) is 2.34. The Morgan fingerprint density at radius 2 is 1.81 bits per heavy atom. The van der Waals surface area contributed by atoms with Gasteiger partial charge in [-0.25, -0.2) is 0 Å². The molecule has 1 aromatic rings. The number of hydrogen-bond acceptors (Lipinski definition) is 0. The number of benzene rings is 1. The molecule has 0 N–H and O–H groups in total. The summed E-state index contributed by atoms with van der Waals surface area (Å²) < 4.78 is 0. The van der Waals surface area contributed by atoms with Gasteiger partial charge in [-0.2, -0.15) is 0 Å². The Morgan fingerprint density at radius 1 is 1.12 bits per heavy atom. The van der Waals surface area contributed by atoms with Gasteiger partial charge < -0.3 is 0 Å². The van der Waals surface area contributed by atoms with Crippen molar-refractivity contribution in [2.24, 2.45) is 0 Å². The van der Waals surface area contributed by atoms with Crippen LogP contribution in [0.25, 0.3) is 0 Å². The van der Waals surface area contributed by atoms with Gasteiger partial charge in [0.15, 0.2) is 0 Å². The molecule has 84 valence electrons. The Hall–Kier alpha value is -1.56. The quantitative estimate of drug-likeness (QED) is 0.635. The standard InChI is InChI=1S/C16H20/c1-4-9-16(5-2)14(3)12-13-15-10-7-6-8-11-15/h4-12H,13H2,1-3H3/b9-4-,14-12+,16-5+. The van der Waals surface area contributed by atoms with Crippen molar-refractivity contribution in [2.75, 3.05) is 0 Å². The summed E-state index contributed by atoms with van der Waals surface area (Å²) in [6.07, 6.45) is 9.66. The fraction of sp³-hybridized carbons (Fsp3) is 0.250. The van der Waals surface area contributed by atoms with Crippen LogP contribution in [0.5, 0.6) is 0 Å². The van der Waals surface area contributed by atoms with Crippen molar-refractivity contribution in [3.8, 4) is 0 Å². The zero-order chi connectivity index (χ0) is 11.8. The minimum Gasteiger partial charge on any atom is -0.0871 e. The van der Waals surface area contributed by atoms with Crippen LogP contribution < -0.4 is 0 Å². The maximum absolute atomic E-state index is 2.28. The van der Waals surface area contributed by atoms with Crippen molar-refractivity contribution in [3.05, 3.63) is 71.3 Å². The molecule has 16 heavy (non-hydrogen) atoms. The van der Waals surface area contributed by atoms with Crippen LogP contribution in [0, 0.1) is 0 Å². The molecule has 1 aromatic carbocycles. The van der Waals surface area contributed by atoms with Crippen molar-refractivity contribution in [3.63, 3.8) is 0 Å². The fourth-order valence-corrected chi connectivity index (χ4v) is 1.64. The van der Waals surface area contributed by atoms with Crippen molar-refractivity contribution < 1.29 is 0 Å². The summed E-state index contributed by atoms with van der Waals surface area (Å²) in [7, 11) is 0. The van der Waals surface area contributed by atoms with Gasteiger partial charge in [-0.1, -0.05) is 54.6 Å². The van der Waals surface area contributed by atoms with Crippen LogP contribution in [0.2, 0.25) is 0 Å².